The van der Waals surface area contributed by atoms with Gasteiger partial charge in [-0.2, -0.15) is 0 Å². The summed E-state index contributed by atoms with van der Waals surface area (Å²) in [6.45, 7) is 0. The van der Waals surface area contributed by atoms with Crippen LogP contribution in [0.4, 0.5) is 0 Å². The van der Waals surface area contributed by atoms with Crippen molar-refractivity contribution < 1.29 is 8.95 Å². The van der Waals surface area contributed by atoms with Gasteiger partial charge in [0.2, 0.25) is 0 Å². The summed E-state index contributed by atoms with van der Waals surface area (Å²) >= 11 is 3.45. The van der Waals surface area contributed by atoms with Crippen molar-refractivity contribution in [2.75, 3.05) is 19.9 Å². The quantitative estimate of drug-likeness (QED) is 0.848. The highest BCUT2D eigenvalue weighted by Gasteiger charge is 2.18. The number of halogens is 1. The lowest BCUT2D eigenvalue weighted by Crippen LogP contribution is -2.23. The minimum absolute atomic E-state index is 0.0333. The van der Waals surface area contributed by atoms with Gasteiger partial charge in [0, 0.05) is 21.8 Å². The molecule has 112 valence electrons. The van der Waals surface area contributed by atoms with Gasteiger partial charge in [-0.1, -0.05) is 30.3 Å². The van der Waals surface area contributed by atoms with Crippen LogP contribution < -0.4 is 10.1 Å². The van der Waals surface area contributed by atoms with Crippen LogP contribution in [0.25, 0.3) is 0 Å². The van der Waals surface area contributed by atoms with Gasteiger partial charge in [0.15, 0.2) is 0 Å². The summed E-state index contributed by atoms with van der Waals surface area (Å²) in [7, 11) is 2.42. The van der Waals surface area contributed by atoms with E-state index in [1.54, 1.807) is 7.11 Å². The molecule has 2 aromatic carbocycles. The third kappa shape index (κ3) is 3.93. The Bertz CT molecular complexity index is 633. The molecule has 0 bridgehead atoms. The fraction of sp³-hybridized carbons (Fsp3) is 0.250. The van der Waals surface area contributed by atoms with Gasteiger partial charge in [-0.25, -0.2) is 0 Å². The number of benzene rings is 2. The standard InChI is InChI=1S/C16H18BrNO2S/c1-18-14(12-7-3-5-9-15(12)20-2)11-21(19)16-10-6-4-8-13(16)17/h3-10,14,18H,11H2,1-2H3. The van der Waals surface area contributed by atoms with E-state index < -0.39 is 10.8 Å². The molecule has 2 aromatic rings. The molecular formula is C16H18BrNO2S. The van der Waals surface area contributed by atoms with Crippen molar-refractivity contribution in [3.8, 4) is 5.75 Å². The first-order valence-electron chi connectivity index (χ1n) is 6.60. The zero-order chi connectivity index (χ0) is 15.2. The number of nitrogens with one attached hydrogen (secondary N) is 1. The number of hydrogen-bond donors (Lipinski definition) is 1. The van der Waals surface area contributed by atoms with E-state index >= 15 is 0 Å². The van der Waals surface area contributed by atoms with Crippen molar-refractivity contribution >= 4 is 26.7 Å². The first kappa shape index (κ1) is 16.2. The maximum atomic E-state index is 12.6. The van der Waals surface area contributed by atoms with E-state index in [9.17, 15) is 4.21 Å². The molecule has 0 saturated heterocycles. The highest BCUT2D eigenvalue weighted by molar-refractivity contribution is 9.10. The second-order valence-corrected chi connectivity index (χ2v) is 6.84. The van der Waals surface area contributed by atoms with Gasteiger partial charge >= 0.3 is 0 Å². The normalized spacial score (nSPS) is 13.7. The summed E-state index contributed by atoms with van der Waals surface area (Å²) < 4.78 is 18.9. The predicted molar refractivity (Wildman–Crippen MR) is 90.2 cm³/mol. The van der Waals surface area contributed by atoms with Crippen molar-refractivity contribution in [2.45, 2.75) is 10.9 Å². The maximum Gasteiger partial charge on any atom is 0.123 e. The molecule has 0 saturated carbocycles. The summed E-state index contributed by atoms with van der Waals surface area (Å²) in [6, 6.07) is 15.4. The van der Waals surface area contributed by atoms with Crippen molar-refractivity contribution in [3.05, 3.63) is 58.6 Å². The molecule has 0 aliphatic heterocycles. The molecular weight excluding hydrogens is 350 g/mol. The minimum Gasteiger partial charge on any atom is -0.496 e. The monoisotopic (exact) mass is 367 g/mol. The Morgan fingerprint density at radius 1 is 1.19 bits per heavy atom. The molecule has 0 aromatic heterocycles. The SMILES string of the molecule is CNC(CS(=O)c1ccccc1Br)c1ccccc1OC. The van der Waals surface area contributed by atoms with Gasteiger partial charge in [0.1, 0.15) is 5.75 Å². The van der Waals surface area contributed by atoms with Crippen LogP contribution in [0.2, 0.25) is 0 Å². The lowest BCUT2D eigenvalue weighted by Gasteiger charge is -2.19. The van der Waals surface area contributed by atoms with Gasteiger partial charge in [-0.05, 0) is 41.2 Å². The van der Waals surface area contributed by atoms with Gasteiger partial charge < -0.3 is 10.1 Å². The van der Waals surface area contributed by atoms with Crippen LogP contribution in [-0.4, -0.2) is 24.1 Å². The Balaban J connectivity index is 2.23. The summed E-state index contributed by atoms with van der Waals surface area (Å²) in [5.74, 6) is 1.29. The van der Waals surface area contributed by atoms with Crippen molar-refractivity contribution in [3.63, 3.8) is 0 Å². The number of rotatable bonds is 6. The molecule has 5 heteroatoms. The molecule has 0 aliphatic carbocycles. The highest BCUT2D eigenvalue weighted by Crippen LogP contribution is 2.28. The van der Waals surface area contributed by atoms with E-state index in [1.165, 1.54) is 0 Å². The number of hydrogen-bond acceptors (Lipinski definition) is 3. The summed E-state index contributed by atoms with van der Waals surface area (Å²) in [5, 5.41) is 3.22. The Labute approximate surface area is 136 Å². The van der Waals surface area contributed by atoms with E-state index in [1.807, 2.05) is 55.6 Å². The van der Waals surface area contributed by atoms with E-state index in [0.717, 1.165) is 20.7 Å². The highest BCUT2D eigenvalue weighted by atomic mass is 79.9. The van der Waals surface area contributed by atoms with Gasteiger partial charge in [-0.3, -0.25) is 4.21 Å². The Morgan fingerprint density at radius 3 is 2.52 bits per heavy atom. The maximum absolute atomic E-state index is 12.6. The number of ether oxygens (including phenoxy) is 1. The molecule has 0 amide bonds. The fourth-order valence-electron chi connectivity index (χ4n) is 2.15. The smallest absolute Gasteiger partial charge is 0.123 e. The van der Waals surface area contributed by atoms with Crippen molar-refractivity contribution in [1.29, 1.82) is 0 Å². The second-order valence-electron chi connectivity index (χ2n) is 4.53. The summed E-state index contributed by atoms with van der Waals surface area (Å²) in [5.41, 5.74) is 1.02. The predicted octanol–water partition coefficient (Wildman–Crippen LogP) is 3.53. The molecule has 2 unspecified atom stereocenters. The molecule has 3 nitrogen and oxygen atoms in total. The molecule has 0 spiro atoms. The van der Waals surface area contributed by atoms with E-state index in [0.29, 0.717) is 5.75 Å². The van der Waals surface area contributed by atoms with Crippen molar-refractivity contribution in [2.24, 2.45) is 0 Å². The average molecular weight is 368 g/mol. The zero-order valence-corrected chi connectivity index (χ0v) is 14.4. The Kier molecular flexibility index (Phi) is 5.96. The molecule has 2 atom stereocenters. The summed E-state index contributed by atoms with van der Waals surface area (Å²) in [4.78, 5) is 0.813. The molecule has 0 aliphatic rings. The van der Waals surface area contributed by atoms with Crippen LogP contribution in [0.3, 0.4) is 0 Å². The zero-order valence-electron chi connectivity index (χ0n) is 12.0. The average Bonchev–Trinajstić information content (AvgIpc) is 2.52. The second kappa shape index (κ2) is 7.73. The van der Waals surface area contributed by atoms with Crippen LogP contribution in [0.15, 0.2) is 57.9 Å². The van der Waals surface area contributed by atoms with Crippen LogP contribution >= 0.6 is 15.9 Å². The first-order valence-corrected chi connectivity index (χ1v) is 8.71. The molecule has 0 fully saturated rings. The van der Waals surface area contributed by atoms with Gasteiger partial charge in [-0.15, -0.1) is 0 Å². The first-order chi connectivity index (χ1) is 10.2. The van der Waals surface area contributed by atoms with E-state index in [4.69, 9.17) is 4.74 Å². The van der Waals surface area contributed by atoms with E-state index in [2.05, 4.69) is 21.2 Å². The third-order valence-electron chi connectivity index (χ3n) is 3.26. The molecule has 2 rings (SSSR count). The van der Waals surface area contributed by atoms with E-state index in [-0.39, 0.29) is 6.04 Å². The minimum atomic E-state index is -1.10. The van der Waals surface area contributed by atoms with Crippen LogP contribution in [-0.2, 0) is 10.8 Å². The topological polar surface area (TPSA) is 38.3 Å². The van der Waals surface area contributed by atoms with Crippen LogP contribution in [0.5, 0.6) is 5.75 Å². The Morgan fingerprint density at radius 2 is 1.86 bits per heavy atom. The molecule has 21 heavy (non-hydrogen) atoms. The van der Waals surface area contributed by atoms with Gasteiger partial charge in [0.05, 0.1) is 22.8 Å². The number of methoxy groups -OCH3 is 1. The fourth-order valence-corrected chi connectivity index (χ4v) is 4.32. The van der Waals surface area contributed by atoms with Crippen LogP contribution in [0, 0.1) is 0 Å². The molecule has 0 heterocycles. The summed E-state index contributed by atoms with van der Waals surface area (Å²) in [6.07, 6.45) is 0. The lowest BCUT2D eigenvalue weighted by atomic mass is 10.1. The largest absolute Gasteiger partial charge is 0.496 e. The molecule has 0 radical (unpaired) electrons. The third-order valence-corrected chi connectivity index (χ3v) is 5.70. The molecule has 1 N–H and O–H groups in total. The van der Waals surface area contributed by atoms with Crippen LogP contribution in [0.1, 0.15) is 11.6 Å². The van der Waals surface area contributed by atoms with Crippen molar-refractivity contribution in [1.82, 2.24) is 5.32 Å². The Hall–Kier alpha value is -1.17. The lowest BCUT2D eigenvalue weighted by molar-refractivity contribution is 0.404. The number of para-hydroxylation sites is 1. The van der Waals surface area contributed by atoms with Gasteiger partial charge in [0.25, 0.3) is 0 Å².